The number of ketones is 1. The van der Waals surface area contributed by atoms with Gasteiger partial charge in [-0.2, -0.15) is 0 Å². The van der Waals surface area contributed by atoms with Crippen LogP contribution in [0.1, 0.15) is 35.3 Å². The number of benzene rings is 2. The molecule has 0 spiro atoms. The topological polar surface area (TPSA) is 84.5 Å². The molecule has 0 saturated heterocycles. The highest BCUT2D eigenvalue weighted by atomic mass is 79.9. The van der Waals surface area contributed by atoms with Gasteiger partial charge >= 0.3 is 0 Å². The monoisotopic (exact) mass is 614 g/mol. The molecule has 11 heteroatoms. The highest BCUT2D eigenvalue weighted by molar-refractivity contribution is 9.10. The standard InChI is InChI=1S/C24H21BrCl2N2O4S2/c1-24(2)12-14-7-8-16(33-3)10-17(14)18(28-24)11-19(30)13-5-4-6-15(9-13)29-35(31,32)21-20(25)22(26)34-23(21)27/h4-11,28-29H,12H2,1-3H3. The minimum Gasteiger partial charge on any atom is -0.497 e. The summed E-state index contributed by atoms with van der Waals surface area (Å²) < 4.78 is 34.1. The van der Waals surface area contributed by atoms with E-state index in [0.29, 0.717) is 17.0 Å². The lowest BCUT2D eigenvalue weighted by atomic mass is 9.85. The van der Waals surface area contributed by atoms with Crippen molar-refractivity contribution in [3.05, 3.63) is 78.4 Å². The first-order chi connectivity index (χ1) is 16.4. The predicted molar refractivity (Wildman–Crippen MR) is 146 cm³/mol. The molecule has 2 aromatic carbocycles. The fourth-order valence-corrected chi connectivity index (χ4v) is 8.49. The number of nitrogens with one attached hydrogen (secondary N) is 2. The SMILES string of the molecule is COc1ccc2c(c1)C(=CC(=O)c1cccc(NS(=O)(=O)c3c(Cl)sc(Cl)c3Br)c1)NC(C)(C)C2. The number of fused-ring (bicyclic) bond motifs is 1. The molecule has 1 aliphatic heterocycles. The Labute approximate surface area is 226 Å². The van der Waals surface area contributed by atoms with Crippen LogP contribution in [0.5, 0.6) is 5.75 Å². The van der Waals surface area contributed by atoms with Gasteiger partial charge < -0.3 is 10.1 Å². The summed E-state index contributed by atoms with van der Waals surface area (Å²) >= 11 is 16.2. The van der Waals surface area contributed by atoms with E-state index in [4.69, 9.17) is 27.9 Å². The number of methoxy groups -OCH3 is 1. The predicted octanol–water partition coefficient (Wildman–Crippen LogP) is 6.77. The second-order valence-corrected chi connectivity index (χ2v) is 13.2. The van der Waals surface area contributed by atoms with Crippen molar-refractivity contribution in [1.29, 1.82) is 0 Å². The largest absolute Gasteiger partial charge is 0.497 e. The molecule has 2 heterocycles. The van der Waals surface area contributed by atoms with Crippen molar-refractivity contribution in [2.24, 2.45) is 0 Å². The van der Waals surface area contributed by atoms with Crippen LogP contribution in [0.4, 0.5) is 5.69 Å². The number of halogens is 3. The molecule has 2 N–H and O–H groups in total. The number of anilines is 1. The van der Waals surface area contributed by atoms with Crippen molar-refractivity contribution in [3.63, 3.8) is 0 Å². The van der Waals surface area contributed by atoms with E-state index in [1.165, 1.54) is 12.1 Å². The van der Waals surface area contributed by atoms with Crippen LogP contribution in [0, 0.1) is 0 Å². The lowest BCUT2D eigenvalue weighted by Gasteiger charge is -2.35. The molecule has 184 valence electrons. The van der Waals surface area contributed by atoms with Gasteiger partial charge in [-0.25, -0.2) is 8.42 Å². The van der Waals surface area contributed by atoms with Crippen LogP contribution in [0.2, 0.25) is 8.67 Å². The van der Waals surface area contributed by atoms with E-state index >= 15 is 0 Å². The molecule has 0 saturated carbocycles. The van der Waals surface area contributed by atoms with Gasteiger partial charge in [0.05, 0.1) is 11.6 Å². The Hall–Kier alpha value is -2.04. The maximum Gasteiger partial charge on any atom is 0.265 e. The first-order valence-corrected chi connectivity index (χ1v) is 14.2. The van der Waals surface area contributed by atoms with Crippen molar-refractivity contribution in [2.45, 2.75) is 30.7 Å². The van der Waals surface area contributed by atoms with E-state index in [0.717, 1.165) is 28.9 Å². The van der Waals surface area contributed by atoms with Gasteiger partial charge in [0.25, 0.3) is 10.0 Å². The third-order valence-corrected chi connectivity index (χ3v) is 10.2. The van der Waals surface area contributed by atoms with Gasteiger partial charge in [0, 0.05) is 34.1 Å². The fraction of sp³-hybridized carbons (Fsp3) is 0.208. The number of sulfonamides is 1. The molecule has 35 heavy (non-hydrogen) atoms. The first kappa shape index (κ1) is 26.0. The molecule has 6 nitrogen and oxygen atoms in total. The maximum atomic E-state index is 13.2. The number of hydrogen-bond acceptors (Lipinski definition) is 6. The highest BCUT2D eigenvalue weighted by Crippen LogP contribution is 2.43. The van der Waals surface area contributed by atoms with Gasteiger partial charge in [0.2, 0.25) is 0 Å². The van der Waals surface area contributed by atoms with Crippen molar-refractivity contribution in [2.75, 3.05) is 11.8 Å². The molecule has 1 aromatic heterocycles. The summed E-state index contributed by atoms with van der Waals surface area (Å²) in [6.07, 6.45) is 2.32. The summed E-state index contributed by atoms with van der Waals surface area (Å²) in [6, 6.07) is 12.1. The van der Waals surface area contributed by atoms with Crippen LogP contribution in [0.15, 0.2) is 57.9 Å². The minimum atomic E-state index is -4.04. The van der Waals surface area contributed by atoms with Gasteiger partial charge in [-0.05, 0) is 66.0 Å². The van der Waals surface area contributed by atoms with Crippen LogP contribution in [-0.4, -0.2) is 26.8 Å². The van der Waals surface area contributed by atoms with Crippen molar-refractivity contribution >= 4 is 77.7 Å². The number of rotatable bonds is 6. The third kappa shape index (κ3) is 5.54. The van der Waals surface area contributed by atoms with E-state index in [-0.39, 0.29) is 35.1 Å². The average molecular weight is 616 g/mol. The van der Waals surface area contributed by atoms with Crippen LogP contribution < -0.4 is 14.8 Å². The van der Waals surface area contributed by atoms with Crippen LogP contribution in [0.25, 0.3) is 5.70 Å². The molecule has 0 bridgehead atoms. The highest BCUT2D eigenvalue weighted by Gasteiger charge is 2.29. The minimum absolute atomic E-state index is 0.0337. The molecule has 3 aromatic rings. The van der Waals surface area contributed by atoms with Gasteiger partial charge in [-0.1, -0.05) is 41.4 Å². The molecule has 0 aliphatic carbocycles. The lowest BCUT2D eigenvalue weighted by Crippen LogP contribution is -2.43. The van der Waals surface area contributed by atoms with Crippen LogP contribution >= 0.6 is 50.5 Å². The number of thiophene rings is 1. The van der Waals surface area contributed by atoms with E-state index in [2.05, 4.69) is 39.8 Å². The number of hydrogen-bond donors (Lipinski definition) is 2. The summed E-state index contributed by atoms with van der Waals surface area (Å²) in [7, 11) is -2.45. The third-order valence-electron chi connectivity index (χ3n) is 5.39. The second kappa shape index (κ2) is 9.78. The van der Waals surface area contributed by atoms with E-state index in [9.17, 15) is 13.2 Å². The Morgan fingerprint density at radius 1 is 1.20 bits per heavy atom. The normalized spacial score (nSPS) is 15.9. The molecule has 0 radical (unpaired) electrons. The van der Waals surface area contributed by atoms with Crippen LogP contribution in [-0.2, 0) is 16.4 Å². The van der Waals surface area contributed by atoms with E-state index in [1.54, 1.807) is 25.3 Å². The van der Waals surface area contributed by atoms with Gasteiger partial charge in [-0.15, -0.1) is 11.3 Å². The fourth-order valence-electron chi connectivity index (χ4n) is 3.88. The molecule has 0 fully saturated rings. The van der Waals surface area contributed by atoms with Crippen LogP contribution in [0.3, 0.4) is 0 Å². The summed E-state index contributed by atoms with van der Waals surface area (Å²) in [4.78, 5) is 13.1. The molecule has 0 amide bonds. The van der Waals surface area contributed by atoms with Gasteiger partial charge in [0.1, 0.15) is 19.3 Å². The zero-order valence-electron chi connectivity index (χ0n) is 18.9. The summed E-state index contributed by atoms with van der Waals surface area (Å²) in [5, 5.41) is 3.43. The van der Waals surface area contributed by atoms with Crippen molar-refractivity contribution in [1.82, 2.24) is 5.32 Å². The maximum absolute atomic E-state index is 13.2. The van der Waals surface area contributed by atoms with Crippen molar-refractivity contribution in [3.8, 4) is 5.75 Å². The molecule has 1 aliphatic rings. The smallest absolute Gasteiger partial charge is 0.265 e. The Kier molecular flexibility index (Phi) is 7.28. The Bertz CT molecular complexity index is 1470. The number of carbonyl (C=O) groups excluding carboxylic acids is 1. The number of carbonyl (C=O) groups is 1. The number of ether oxygens (including phenoxy) is 1. The molecule has 4 rings (SSSR count). The summed E-state index contributed by atoms with van der Waals surface area (Å²) in [5.74, 6) is 0.413. The Morgan fingerprint density at radius 3 is 2.60 bits per heavy atom. The average Bonchev–Trinajstić information content (AvgIpc) is 3.04. The Morgan fingerprint density at radius 2 is 1.94 bits per heavy atom. The van der Waals surface area contributed by atoms with E-state index < -0.39 is 10.0 Å². The molecular formula is C24H21BrCl2N2O4S2. The zero-order chi connectivity index (χ0) is 25.5. The summed E-state index contributed by atoms with van der Waals surface area (Å²) in [5.41, 5.74) is 2.96. The second-order valence-electron chi connectivity index (χ2n) is 8.61. The van der Waals surface area contributed by atoms with Gasteiger partial charge in [0.15, 0.2) is 5.78 Å². The van der Waals surface area contributed by atoms with E-state index in [1.807, 2.05) is 18.2 Å². The number of allylic oxidation sites excluding steroid dienone is 1. The Balaban J connectivity index is 1.66. The van der Waals surface area contributed by atoms with Crippen molar-refractivity contribution < 1.29 is 17.9 Å². The van der Waals surface area contributed by atoms with Gasteiger partial charge in [-0.3, -0.25) is 9.52 Å². The zero-order valence-corrected chi connectivity index (χ0v) is 23.6. The quantitative estimate of drug-likeness (QED) is 0.236. The summed E-state index contributed by atoms with van der Waals surface area (Å²) in [6.45, 7) is 4.13. The first-order valence-electron chi connectivity index (χ1n) is 10.4. The lowest BCUT2D eigenvalue weighted by molar-refractivity contribution is 0.104. The molecular weight excluding hydrogens is 595 g/mol. The molecule has 0 unspecified atom stereocenters. The molecule has 0 atom stereocenters.